The molecule has 3 rings (SSSR count). The van der Waals surface area contributed by atoms with Gasteiger partial charge >= 0.3 is 0 Å². The maximum absolute atomic E-state index is 13.7. The molecular formula is C26H30N2O7S. The van der Waals surface area contributed by atoms with Gasteiger partial charge in [0, 0.05) is 6.07 Å². The van der Waals surface area contributed by atoms with E-state index in [1.807, 2.05) is 6.07 Å². The number of nitrogens with one attached hydrogen (secondary N) is 1. The van der Waals surface area contributed by atoms with Gasteiger partial charge in [-0.25, -0.2) is 8.42 Å². The largest absolute Gasteiger partial charge is 0.493 e. The smallest absolute Gasteiger partial charge is 0.264 e. The first-order valence-electron chi connectivity index (χ1n) is 11.1. The SMILES string of the molecule is COc1ccc(C(C)NC(=O)CN(c2ccccc2)S(=O)(=O)c2ccc(OC)c(OC)c2)cc1OC. The summed E-state index contributed by atoms with van der Waals surface area (Å²) in [6, 6.07) is 17.6. The molecule has 1 amide bonds. The van der Waals surface area contributed by atoms with Crippen LogP contribution in [0.1, 0.15) is 18.5 Å². The maximum atomic E-state index is 13.7. The van der Waals surface area contributed by atoms with Crippen LogP contribution in [0.2, 0.25) is 0 Å². The van der Waals surface area contributed by atoms with Crippen molar-refractivity contribution < 1.29 is 32.2 Å². The van der Waals surface area contributed by atoms with E-state index in [0.717, 1.165) is 9.87 Å². The van der Waals surface area contributed by atoms with E-state index in [0.29, 0.717) is 22.9 Å². The zero-order valence-electron chi connectivity index (χ0n) is 20.8. The Morgan fingerprint density at radius 1 is 0.806 bits per heavy atom. The summed E-state index contributed by atoms with van der Waals surface area (Å²) in [5, 5.41) is 2.86. The number of para-hydroxylation sites is 1. The van der Waals surface area contributed by atoms with E-state index >= 15 is 0 Å². The third-order valence-corrected chi connectivity index (χ3v) is 7.33. The summed E-state index contributed by atoms with van der Waals surface area (Å²) in [6.07, 6.45) is 0. The predicted octanol–water partition coefficient (Wildman–Crippen LogP) is 3.79. The Hall–Kier alpha value is -3.92. The van der Waals surface area contributed by atoms with Crippen molar-refractivity contribution >= 4 is 21.6 Å². The summed E-state index contributed by atoms with van der Waals surface area (Å²) in [6.45, 7) is 1.37. The van der Waals surface area contributed by atoms with Crippen molar-refractivity contribution in [1.82, 2.24) is 5.32 Å². The first kappa shape index (κ1) is 26.7. The van der Waals surface area contributed by atoms with Crippen LogP contribution in [0.3, 0.4) is 0 Å². The second kappa shape index (κ2) is 11.7. The number of amides is 1. The van der Waals surface area contributed by atoms with E-state index in [1.54, 1.807) is 56.5 Å². The fraction of sp³-hybridized carbons (Fsp3) is 0.269. The number of nitrogens with zero attached hydrogens (tertiary/aromatic N) is 1. The lowest BCUT2D eigenvalue weighted by Crippen LogP contribution is -2.41. The maximum Gasteiger partial charge on any atom is 0.264 e. The molecule has 1 unspecified atom stereocenters. The Kier molecular flexibility index (Phi) is 8.65. The number of rotatable bonds is 11. The third-order valence-electron chi connectivity index (χ3n) is 5.56. The Balaban J connectivity index is 1.89. The molecule has 0 saturated carbocycles. The molecule has 0 aliphatic heterocycles. The molecule has 0 saturated heterocycles. The molecule has 0 bridgehead atoms. The van der Waals surface area contributed by atoms with Gasteiger partial charge in [0.1, 0.15) is 6.54 Å². The van der Waals surface area contributed by atoms with Crippen LogP contribution in [0.4, 0.5) is 5.69 Å². The number of anilines is 1. The number of hydrogen-bond acceptors (Lipinski definition) is 7. The molecule has 0 aliphatic rings. The molecule has 3 aromatic carbocycles. The van der Waals surface area contributed by atoms with Gasteiger partial charge in [0.2, 0.25) is 5.91 Å². The van der Waals surface area contributed by atoms with Gasteiger partial charge in [-0.15, -0.1) is 0 Å². The molecule has 0 spiro atoms. The van der Waals surface area contributed by atoms with Crippen molar-refractivity contribution in [3.05, 3.63) is 72.3 Å². The fourth-order valence-electron chi connectivity index (χ4n) is 3.64. The second-order valence-corrected chi connectivity index (χ2v) is 9.63. The van der Waals surface area contributed by atoms with Crippen molar-refractivity contribution in [3.8, 4) is 23.0 Å². The van der Waals surface area contributed by atoms with Crippen molar-refractivity contribution in [2.45, 2.75) is 17.9 Å². The van der Waals surface area contributed by atoms with E-state index in [9.17, 15) is 13.2 Å². The number of methoxy groups -OCH3 is 4. The lowest BCUT2D eigenvalue weighted by molar-refractivity contribution is -0.120. The molecule has 3 aromatic rings. The van der Waals surface area contributed by atoms with Gasteiger partial charge in [-0.2, -0.15) is 0 Å². The molecule has 0 heterocycles. The lowest BCUT2D eigenvalue weighted by Gasteiger charge is -2.25. The molecular weight excluding hydrogens is 484 g/mol. The van der Waals surface area contributed by atoms with Gasteiger partial charge < -0.3 is 24.3 Å². The molecule has 0 fully saturated rings. The van der Waals surface area contributed by atoms with Crippen molar-refractivity contribution in [1.29, 1.82) is 0 Å². The van der Waals surface area contributed by atoms with E-state index < -0.39 is 28.5 Å². The minimum Gasteiger partial charge on any atom is -0.493 e. The highest BCUT2D eigenvalue weighted by atomic mass is 32.2. The van der Waals surface area contributed by atoms with E-state index in [4.69, 9.17) is 18.9 Å². The van der Waals surface area contributed by atoms with Crippen LogP contribution in [0.5, 0.6) is 23.0 Å². The van der Waals surface area contributed by atoms with Crippen LogP contribution in [0, 0.1) is 0 Å². The van der Waals surface area contributed by atoms with Crippen LogP contribution in [-0.2, 0) is 14.8 Å². The standard InChI is InChI=1S/C26H30N2O7S/c1-18(19-11-13-22(32-2)24(15-19)34-4)27-26(29)17-28(20-9-7-6-8-10-20)36(30,31)21-12-14-23(33-3)25(16-21)35-5/h6-16,18H,17H2,1-5H3,(H,27,29). The fourth-order valence-corrected chi connectivity index (χ4v) is 5.07. The number of hydrogen-bond donors (Lipinski definition) is 1. The molecule has 10 heteroatoms. The summed E-state index contributed by atoms with van der Waals surface area (Å²) >= 11 is 0. The first-order valence-corrected chi connectivity index (χ1v) is 12.5. The van der Waals surface area contributed by atoms with Gasteiger partial charge in [0.15, 0.2) is 23.0 Å². The number of benzene rings is 3. The Labute approximate surface area is 211 Å². The van der Waals surface area contributed by atoms with Gasteiger partial charge in [-0.1, -0.05) is 24.3 Å². The Morgan fingerprint density at radius 2 is 1.36 bits per heavy atom. The second-order valence-electron chi connectivity index (χ2n) is 7.77. The molecule has 1 N–H and O–H groups in total. The third kappa shape index (κ3) is 5.83. The average molecular weight is 515 g/mol. The summed E-state index contributed by atoms with van der Waals surface area (Å²) < 4.78 is 49.5. The number of sulfonamides is 1. The highest BCUT2D eigenvalue weighted by Gasteiger charge is 2.29. The van der Waals surface area contributed by atoms with Gasteiger partial charge in [0.05, 0.1) is 45.1 Å². The Bertz CT molecular complexity index is 1300. The number of carbonyl (C=O) groups excluding carboxylic acids is 1. The first-order chi connectivity index (χ1) is 17.2. The Morgan fingerprint density at radius 3 is 1.94 bits per heavy atom. The van der Waals surface area contributed by atoms with Crippen LogP contribution >= 0.6 is 0 Å². The van der Waals surface area contributed by atoms with E-state index in [2.05, 4.69) is 5.32 Å². The van der Waals surface area contributed by atoms with Crippen LogP contribution in [0.25, 0.3) is 0 Å². The van der Waals surface area contributed by atoms with Crippen LogP contribution in [0.15, 0.2) is 71.6 Å². The minimum atomic E-state index is -4.13. The monoisotopic (exact) mass is 514 g/mol. The quantitative estimate of drug-likeness (QED) is 0.415. The van der Waals surface area contributed by atoms with Crippen molar-refractivity contribution in [2.75, 3.05) is 39.3 Å². The summed E-state index contributed by atoms with van der Waals surface area (Å²) in [7, 11) is 1.83. The highest BCUT2D eigenvalue weighted by molar-refractivity contribution is 7.92. The number of carbonyl (C=O) groups is 1. The van der Waals surface area contributed by atoms with Crippen LogP contribution < -0.4 is 28.6 Å². The highest BCUT2D eigenvalue weighted by Crippen LogP contribution is 2.33. The van der Waals surface area contributed by atoms with Gasteiger partial charge in [-0.3, -0.25) is 9.10 Å². The molecule has 0 aliphatic carbocycles. The van der Waals surface area contributed by atoms with Gasteiger partial charge in [0.25, 0.3) is 10.0 Å². The molecule has 0 aromatic heterocycles. The minimum absolute atomic E-state index is 0.0373. The molecule has 0 radical (unpaired) electrons. The number of ether oxygens (including phenoxy) is 4. The normalized spacial score (nSPS) is 11.8. The predicted molar refractivity (Wildman–Crippen MR) is 137 cm³/mol. The van der Waals surface area contributed by atoms with E-state index in [1.165, 1.54) is 39.5 Å². The van der Waals surface area contributed by atoms with Gasteiger partial charge in [-0.05, 0) is 48.9 Å². The zero-order chi connectivity index (χ0) is 26.3. The molecule has 1 atom stereocenters. The lowest BCUT2D eigenvalue weighted by atomic mass is 10.1. The average Bonchev–Trinajstić information content (AvgIpc) is 2.91. The van der Waals surface area contributed by atoms with E-state index in [-0.39, 0.29) is 10.6 Å². The van der Waals surface area contributed by atoms with Crippen LogP contribution in [-0.4, -0.2) is 49.3 Å². The zero-order valence-corrected chi connectivity index (χ0v) is 21.7. The van der Waals surface area contributed by atoms with Crippen molar-refractivity contribution in [2.24, 2.45) is 0 Å². The molecule has 192 valence electrons. The summed E-state index contributed by atoms with van der Waals surface area (Å²) in [5.41, 5.74) is 1.12. The topological polar surface area (TPSA) is 103 Å². The summed E-state index contributed by atoms with van der Waals surface area (Å²) in [5.74, 6) is 1.27. The van der Waals surface area contributed by atoms with Crippen molar-refractivity contribution in [3.63, 3.8) is 0 Å². The molecule has 36 heavy (non-hydrogen) atoms. The molecule has 9 nitrogen and oxygen atoms in total. The summed E-state index contributed by atoms with van der Waals surface area (Å²) in [4.78, 5) is 13.0.